The third-order valence-electron chi connectivity index (χ3n) is 2.70. The zero-order chi connectivity index (χ0) is 12.6. The summed E-state index contributed by atoms with van der Waals surface area (Å²) in [5, 5.41) is 12.0. The van der Waals surface area contributed by atoms with Crippen LogP contribution >= 0.6 is 11.6 Å². The molecule has 0 saturated carbocycles. The molecule has 1 heterocycles. The van der Waals surface area contributed by atoms with E-state index in [0.717, 1.165) is 5.56 Å². The lowest BCUT2D eigenvalue weighted by Gasteiger charge is -2.20. The quantitative estimate of drug-likeness (QED) is 0.843. The molecule has 2 rings (SSSR count). The van der Waals surface area contributed by atoms with Crippen molar-refractivity contribution in [1.29, 1.82) is 0 Å². The Hall–Kier alpha value is -1.75. The molecule has 6 heteroatoms. The Morgan fingerprint density at radius 1 is 1.59 bits per heavy atom. The van der Waals surface area contributed by atoms with Gasteiger partial charge in [0.25, 0.3) is 0 Å². The molecular weight excluding hydrogens is 244 g/mol. The van der Waals surface area contributed by atoms with Gasteiger partial charge in [0.15, 0.2) is 6.04 Å². The molecule has 1 aliphatic heterocycles. The summed E-state index contributed by atoms with van der Waals surface area (Å²) >= 11 is 5.96. The number of benzene rings is 1. The zero-order valence-corrected chi connectivity index (χ0v) is 9.86. The second-order valence-corrected chi connectivity index (χ2v) is 4.25. The van der Waals surface area contributed by atoms with Gasteiger partial charge in [-0.05, 0) is 24.6 Å². The minimum absolute atomic E-state index is 0.0969. The summed E-state index contributed by atoms with van der Waals surface area (Å²) in [5.74, 6) is -1.04. The van der Waals surface area contributed by atoms with Gasteiger partial charge in [-0.25, -0.2) is 9.59 Å². The molecule has 1 fully saturated rings. The van der Waals surface area contributed by atoms with Gasteiger partial charge in [-0.3, -0.25) is 4.90 Å². The van der Waals surface area contributed by atoms with Gasteiger partial charge < -0.3 is 10.4 Å². The maximum atomic E-state index is 11.6. The van der Waals surface area contributed by atoms with Gasteiger partial charge in [0.05, 0.1) is 6.54 Å². The first kappa shape index (κ1) is 11.7. The number of amides is 2. The van der Waals surface area contributed by atoms with Crippen molar-refractivity contribution >= 4 is 29.3 Å². The summed E-state index contributed by atoms with van der Waals surface area (Å²) < 4.78 is 0. The van der Waals surface area contributed by atoms with Gasteiger partial charge >= 0.3 is 12.0 Å². The van der Waals surface area contributed by atoms with E-state index < -0.39 is 18.0 Å². The highest BCUT2D eigenvalue weighted by molar-refractivity contribution is 6.31. The first-order valence-electron chi connectivity index (χ1n) is 5.06. The summed E-state index contributed by atoms with van der Waals surface area (Å²) in [6.07, 6.45) is 0. The minimum Gasteiger partial charge on any atom is -0.480 e. The molecule has 0 spiro atoms. The molecule has 0 aliphatic carbocycles. The fourth-order valence-corrected chi connectivity index (χ4v) is 1.90. The SMILES string of the molecule is Cc1ccc(N2C(=O)NCC2C(=O)O)cc1Cl. The summed E-state index contributed by atoms with van der Waals surface area (Å²) in [6.45, 7) is 1.94. The van der Waals surface area contributed by atoms with Crippen molar-refractivity contribution in [3.05, 3.63) is 28.8 Å². The number of halogens is 1. The largest absolute Gasteiger partial charge is 0.480 e. The summed E-state index contributed by atoms with van der Waals surface area (Å²) in [6, 6.07) is 3.72. The van der Waals surface area contributed by atoms with E-state index in [1.807, 2.05) is 6.92 Å². The van der Waals surface area contributed by atoms with E-state index in [4.69, 9.17) is 16.7 Å². The number of aliphatic carboxylic acids is 1. The molecule has 0 radical (unpaired) electrons. The van der Waals surface area contributed by atoms with Crippen molar-refractivity contribution in [3.63, 3.8) is 0 Å². The number of rotatable bonds is 2. The third-order valence-corrected chi connectivity index (χ3v) is 3.10. The maximum Gasteiger partial charge on any atom is 0.328 e. The monoisotopic (exact) mass is 254 g/mol. The Balaban J connectivity index is 2.39. The number of carboxylic acid groups (broad SMARTS) is 1. The Morgan fingerprint density at radius 3 is 2.88 bits per heavy atom. The Kier molecular flexibility index (Phi) is 2.93. The highest BCUT2D eigenvalue weighted by Gasteiger charge is 2.37. The summed E-state index contributed by atoms with van der Waals surface area (Å²) in [5.41, 5.74) is 1.37. The molecule has 2 N–H and O–H groups in total. The second kappa shape index (κ2) is 4.25. The lowest BCUT2D eigenvalue weighted by molar-refractivity contribution is -0.137. The molecule has 17 heavy (non-hydrogen) atoms. The van der Waals surface area contributed by atoms with Gasteiger partial charge in [0, 0.05) is 10.7 Å². The number of aryl methyl sites for hydroxylation is 1. The standard InChI is InChI=1S/C11H11ClN2O3/c1-6-2-3-7(4-8(6)12)14-9(10(15)16)5-13-11(14)17/h2-4,9H,5H2,1H3,(H,13,17)(H,15,16). The first-order chi connectivity index (χ1) is 8.00. The van der Waals surface area contributed by atoms with Crippen molar-refractivity contribution in [2.75, 3.05) is 11.4 Å². The number of carboxylic acids is 1. The van der Waals surface area contributed by atoms with Gasteiger partial charge in [-0.1, -0.05) is 17.7 Å². The van der Waals surface area contributed by atoms with Crippen molar-refractivity contribution in [3.8, 4) is 0 Å². The highest BCUT2D eigenvalue weighted by Crippen LogP contribution is 2.26. The number of urea groups is 1. The number of nitrogens with zero attached hydrogens (tertiary/aromatic N) is 1. The Labute approximate surface area is 103 Å². The average molecular weight is 255 g/mol. The van der Waals surface area contributed by atoms with Gasteiger partial charge in [-0.15, -0.1) is 0 Å². The van der Waals surface area contributed by atoms with Crippen LogP contribution in [-0.4, -0.2) is 29.7 Å². The molecule has 1 aromatic rings. The van der Waals surface area contributed by atoms with Crippen LogP contribution in [0.5, 0.6) is 0 Å². The molecule has 2 amide bonds. The van der Waals surface area contributed by atoms with Gasteiger partial charge in [-0.2, -0.15) is 0 Å². The van der Waals surface area contributed by atoms with E-state index in [9.17, 15) is 9.59 Å². The third kappa shape index (κ3) is 2.06. The Bertz CT molecular complexity index is 490. The van der Waals surface area contributed by atoms with E-state index >= 15 is 0 Å². The molecule has 90 valence electrons. The summed E-state index contributed by atoms with van der Waals surface area (Å²) in [7, 11) is 0. The lowest BCUT2D eigenvalue weighted by Crippen LogP contribution is -2.39. The van der Waals surface area contributed by atoms with Crippen molar-refractivity contribution in [2.24, 2.45) is 0 Å². The van der Waals surface area contributed by atoms with Crippen molar-refractivity contribution < 1.29 is 14.7 Å². The van der Waals surface area contributed by atoms with Gasteiger partial charge in [0.1, 0.15) is 0 Å². The van der Waals surface area contributed by atoms with Crippen LogP contribution in [0.25, 0.3) is 0 Å². The van der Waals surface area contributed by atoms with Crippen LogP contribution in [0.3, 0.4) is 0 Å². The first-order valence-corrected chi connectivity index (χ1v) is 5.44. The lowest BCUT2D eigenvalue weighted by atomic mass is 10.2. The number of nitrogens with one attached hydrogen (secondary N) is 1. The Morgan fingerprint density at radius 2 is 2.29 bits per heavy atom. The fraction of sp³-hybridized carbons (Fsp3) is 0.273. The van der Waals surface area contributed by atoms with Crippen LogP contribution in [0.1, 0.15) is 5.56 Å². The van der Waals surface area contributed by atoms with Crippen LogP contribution in [0.4, 0.5) is 10.5 Å². The normalized spacial score (nSPS) is 19.3. The predicted octanol–water partition coefficient (Wildman–Crippen LogP) is 1.63. The molecule has 1 unspecified atom stereocenters. The molecule has 1 saturated heterocycles. The molecule has 0 bridgehead atoms. The van der Waals surface area contributed by atoms with E-state index in [1.165, 1.54) is 4.90 Å². The fourth-order valence-electron chi connectivity index (χ4n) is 1.73. The van der Waals surface area contributed by atoms with E-state index in [0.29, 0.717) is 10.7 Å². The highest BCUT2D eigenvalue weighted by atomic mass is 35.5. The van der Waals surface area contributed by atoms with Gasteiger partial charge in [0.2, 0.25) is 0 Å². The number of carbonyl (C=O) groups excluding carboxylic acids is 1. The average Bonchev–Trinajstić information content (AvgIpc) is 2.64. The predicted molar refractivity (Wildman–Crippen MR) is 63.5 cm³/mol. The molecule has 0 aromatic heterocycles. The van der Waals surface area contributed by atoms with Crippen LogP contribution < -0.4 is 10.2 Å². The van der Waals surface area contributed by atoms with Crippen LogP contribution in [0.2, 0.25) is 5.02 Å². The number of carbonyl (C=O) groups is 2. The molecule has 1 aromatic carbocycles. The second-order valence-electron chi connectivity index (χ2n) is 3.84. The smallest absolute Gasteiger partial charge is 0.328 e. The minimum atomic E-state index is -1.04. The number of hydrogen-bond acceptors (Lipinski definition) is 2. The van der Waals surface area contributed by atoms with Crippen molar-refractivity contribution in [1.82, 2.24) is 5.32 Å². The number of anilines is 1. The molecule has 1 aliphatic rings. The van der Waals surface area contributed by atoms with E-state index in [2.05, 4.69) is 5.32 Å². The van der Waals surface area contributed by atoms with Crippen LogP contribution in [0.15, 0.2) is 18.2 Å². The van der Waals surface area contributed by atoms with E-state index in [-0.39, 0.29) is 6.54 Å². The maximum absolute atomic E-state index is 11.6. The number of hydrogen-bond donors (Lipinski definition) is 2. The topological polar surface area (TPSA) is 69.6 Å². The molecule has 5 nitrogen and oxygen atoms in total. The van der Waals surface area contributed by atoms with Crippen LogP contribution in [0, 0.1) is 6.92 Å². The zero-order valence-electron chi connectivity index (χ0n) is 9.11. The van der Waals surface area contributed by atoms with Crippen LogP contribution in [-0.2, 0) is 4.79 Å². The van der Waals surface area contributed by atoms with E-state index in [1.54, 1.807) is 18.2 Å². The molecular formula is C11H11ClN2O3. The molecule has 1 atom stereocenters. The summed E-state index contributed by atoms with van der Waals surface area (Å²) in [4.78, 5) is 23.8. The van der Waals surface area contributed by atoms with Crippen molar-refractivity contribution in [2.45, 2.75) is 13.0 Å².